The third-order valence-corrected chi connectivity index (χ3v) is 7.93. The molecule has 0 saturated carbocycles. The van der Waals surface area contributed by atoms with E-state index < -0.39 is 11.9 Å². The third kappa shape index (κ3) is 7.88. The normalized spacial score (nSPS) is 13.1. The Kier molecular flexibility index (Phi) is 10.9. The molecule has 0 radical (unpaired) electrons. The summed E-state index contributed by atoms with van der Waals surface area (Å²) < 4.78 is 0. The minimum Gasteiger partial charge on any atom is -0.478 e. The number of aromatic carboxylic acids is 1. The molecular weight excluding hydrogens is 605 g/mol. The molecule has 0 atom stereocenters. The highest BCUT2D eigenvalue weighted by molar-refractivity contribution is 6.37. The Morgan fingerprint density at radius 2 is 1.50 bits per heavy atom. The van der Waals surface area contributed by atoms with Gasteiger partial charge in [0.1, 0.15) is 0 Å². The van der Waals surface area contributed by atoms with E-state index in [2.05, 4.69) is 10.2 Å². The summed E-state index contributed by atoms with van der Waals surface area (Å²) in [6.07, 6.45) is 0.442. The zero-order valence-corrected chi connectivity index (χ0v) is 26.4. The number of benzene rings is 3. The van der Waals surface area contributed by atoms with Crippen LogP contribution >= 0.6 is 23.2 Å². The van der Waals surface area contributed by atoms with E-state index in [9.17, 15) is 24.3 Å². The molecule has 1 aliphatic rings. The number of hydrogen-bond donors (Lipinski definition) is 2. The summed E-state index contributed by atoms with van der Waals surface area (Å²) in [5.74, 6) is -1.77. The molecule has 0 spiro atoms. The highest BCUT2D eigenvalue weighted by Crippen LogP contribution is 2.33. The average Bonchev–Trinajstić information content (AvgIpc) is 3.01. The van der Waals surface area contributed by atoms with Gasteiger partial charge in [0.25, 0.3) is 11.8 Å². The standard InChI is InChI=1S/C32H35Cl2N5O5/c1-4-39(27-12-10-24(33)20-25(27)34)31(42)23-9-11-28(37-15-17-38(18-16-37)29(40)13-14-36(2)3)26(19-23)35-30(41)21-5-7-22(8-6-21)32(43)44/h5-12,19-20H,4,13-18H2,1-3H3,(H,35,41)(H,43,44). The van der Waals surface area contributed by atoms with Crippen LogP contribution in [0.15, 0.2) is 60.7 Å². The number of hydrogen-bond acceptors (Lipinski definition) is 6. The first-order valence-corrected chi connectivity index (χ1v) is 15.0. The summed E-state index contributed by atoms with van der Waals surface area (Å²) in [6.45, 7) is 4.97. The Bertz CT molecular complexity index is 1540. The van der Waals surface area contributed by atoms with Gasteiger partial charge in [0, 0.05) is 61.8 Å². The summed E-state index contributed by atoms with van der Waals surface area (Å²) >= 11 is 12.5. The molecule has 1 heterocycles. The highest BCUT2D eigenvalue weighted by Gasteiger charge is 2.25. The monoisotopic (exact) mass is 639 g/mol. The lowest BCUT2D eigenvalue weighted by atomic mass is 10.1. The smallest absolute Gasteiger partial charge is 0.335 e. The van der Waals surface area contributed by atoms with Crippen molar-refractivity contribution >= 4 is 64.0 Å². The quantitative estimate of drug-likeness (QED) is 0.313. The number of carbonyl (C=O) groups is 4. The van der Waals surface area contributed by atoms with E-state index in [4.69, 9.17) is 23.2 Å². The summed E-state index contributed by atoms with van der Waals surface area (Å²) in [5, 5.41) is 12.9. The van der Waals surface area contributed by atoms with Crippen LogP contribution in [0.5, 0.6) is 0 Å². The van der Waals surface area contributed by atoms with E-state index in [1.54, 1.807) is 36.4 Å². The highest BCUT2D eigenvalue weighted by atomic mass is 35.5. The number of anilines is 3. The van der Waals surface area contributed by atoms with E-state index in [1.165, 1.54) is 29.2 Å². The van der Waals surface area contributed by atoms with Crippen LogP contribution in [0.25, 0.3) is 0 Å². The van der Waals surface area contributed by atoms with Gasteiger partial charge >= 0.3 is 5.97 Å². The minimum atomic E-state index is -1.09. The molecule has 3 aromatic carbocycles. The van der Waals surface area contributed by atoms with Gasteiger partial charge in [0.2, 0.25) is 5.91 Å². The molecule has 1 saturated heterocycles. The lowest BCUT2D eigenvalue weighted by molar-refractivity contribution is -0.131. The summed E-state index contributed by atoms with van der Waals surface area (Å²) in [5.41, 5.74) is 2.27. The maximum Gasteiger partial charge on any atom is 0.335 e. The Morgan fingerprint density at radius 1 is 0.864 bits per heavy atom. The molecule has 12 heteroatoms. The molecule has 0 aliphatic carbocycles. The number of nitrogens with zero attached hydrogens (tertiary/aromatic N) is 4. The molecule has 0 unspecified atom stereocenters. The van der Waals surface area contributed by atoms with Crippen molar-refractivity contribution in [3.8, 4) is 0 Å². The van der Waals surface area contributed by atoms with Crippen LogP contribution < -0.4 is 15.1 Å². The molecule has 3 aromatic rings. The van der Waals surface area contributed by atoms with Crippen LogP contribution in [0, 0.1) is 0 Å². The molecule has 3 amide bonds. The Morgan fingerprint density at radius 3 is 2.09 bits per heavy atom. The number of piperazine rings is 1. The van der Waals surface area contributed by atoms with Crippen LogP contribution in [0.4, 0.5) is 17.1 Å². The van der Waals surface area contributed by atoms with Gasteiger partial charge in [0.05, 0.1) is 27.6 Å². The second-order valence-electron chi connectivity index (χ2n) is 10.6. The second-order valence-corrected chi connectivity index (χ2v) is 11.5. The number of carbonyl (C=O) groups excluding carboxylic acids is 3. The number of carboxylic acids is 1. The molecule has 1 aliphatic heterocycles. The van der Waals surface area contributed by atoms with Crippen molar-refractivity contribution in [1.29, 1.82) is 0 Å². The van der Waals surface area contributed by atoms with Gasteiger partial charge in [-0.05, 0) is 81.7 Å². The van der Waals surface area contributed by atoms with Gasteiger partial charge in [-0.2, -0.15) is 0 Å². The van der Waals surface area contributed by atoms with Crippen LogP contribution in [-0.4, -0.2) is 92.0 Å². The zero-order chi connectivity index (χ0) is 32.0. The van der Waals surface area contributed by atoms with Crippen molar-refractivity contribution in [2.24, 2.45) is 0 Å². The first kappa shape index (κ1) is 32.8. The molecular formula is C32H35Cl2N5O5. The Balaban J connectivity index is 1.62. The predicted octanol–water partition coefficient (Wildman–Crippen LogP) is 5.21. The van der Waals surface area contributed by atoms with E-state index in [0.29, 0.717) is 78.4 Å². The fourth-order valence-corrected chi connectivity index (χ4v) is 5.47. The maximum atomic E-state index is 13.7. The van der Waals surface area contributed by atoms with E-state index in [1.807, 2.05) is 30.8 Å². The maximum absolute atomic E-state index is 13.7. The number of carboxylic acid groups (broad SMARTS) is 1. The lowest BCUT2D eigenvalue weighted by Crippen LogP contribution is -2.49. The minimum absolute atomic E-state index is 0.0633. The van der Waals surface area contributed by atoms with E-state index in [0.717, 1.165) is 0 Å². The first-order chi connectivity index (χ1) is 21.0. The molecule has 44 heavy (non-hydrogen) atoms. The largest absolute Gasteiger partial charge is 0.478 e. The summed E-state index contributed by atoms with van der Waals surface area (Å²) in [6, 6.07) is 15.6. The molecule has 2 N–H and O–H groups in total. The Labute approximate surface area is 266 Å². The second kappa shape index (κ2) is 14.6. The van der Waals surface area contributed by atoms with Crippen LogP contribution in [0.1, 0.15) is 44.4 Å². The lowest BCUT2D eigenvalue weighted by Gasteiger charge is -2.37. The fourth-order valence-electron chi connectivity index (χ4n) is 4.96. The van der Waals surface area contributed by atoms with Crippen LogP contribution in [-0.2, 0) is 4.79 Å². The van der Waals surface area contributed by atoms with Crippen LogP contribution in [0.3, 0.4) is 0 Å². The van der Waals surface area contributed by atoms with Crippen molar-refractivity contribution in [3.63, 3.8) is 0 Å². The van der Waals surface area contributed by atoms with Gasteiger partial charge in [-0.3, -0.25) is 14.4 Å². The van der Waals surface area contributed by atoms with Crippen molar-refractivity contribution in [3.05, 3.63) is 87.4 Å². The fraction of sp³-hybridized carbons (Fsp3) is 0.312. The van der Waals surface area contributed by atoms with Gasteiger partial charge < -0.3 is 30.0 Å². The number of halogens is 2. The summed E-state index contributed by atoms with van der Waals surface area (Å²) in [7, 11) is 3.86. The van der Waals surface area contributed by atoms with Crippen molar-refractivity contribution < 1.29 is 24.3 Å². The van der Waals surface area contributed by atoms with Crippen molar-refractivity contribution in [1.82, 2.24) is 9.80 Å². The SMILES string of the molecule is CCN(C(=O)c1ccc(N2CCN(C(=O)CCN(C)C)CC2)c(NC(=O)c2ccc(C(=O)O)cc2)c1)c1ccc(Cl)cc1Cl. The Hall–Kier alpha value is -4.12. The predicted molar refractivity (Wildman–Crippen MR) is 174 cm³/mol. The number of nitrogens with one attached hydrogen (secondary N) is 1. The molecule has 0 bridgehead atoms. The van der Waals surface area contributed by atoms with E-state index >= 15 is 0 Å². The van der Waals surface area contributed by atoms with Crippen molar-refractivity contribution in [2.45, 2.75) is 13.3 Å². The van der Waals surface area contributed by atoms with Crippen molar-refractivity contribution in [2.75, 3.05) is 68.5 Å². The number of rotatable bonds is 10. The van der Waals surface area contributed by atoms with Gasteiger partial charge in [-0.25, -0.2) is 4.79 Å². The molecule has 4 rings (SSSR count). The topological polar surface area (TPSA) is 114 Å². The van der Waals surface area contributed by atoms with Gasteiger partial charge in [-0.1, -0.05) is 23.2 Å². The molecule has 1 fully saturated rings. The third-order valence-electron chi connectivity index (χ3n) is 7.39. The van der Waals surface area contributed by atoms with Gasteiger partial charge in [-0.15, -0.1) is 0 Å². The van der Waals surface area contributed by atoms with Gasteiger partial charge in [0.15, 0.2) is 0 Å². The summed E-state index contributed by atoms with van der Waals surface area (Å²) in [4.78, 5) is 58.4. The van der Waals surface area contributed by atoms with Crippen LogP contribution in [0.2, 0.25) is 10.0 Å². The molecule has 10 nitrogen and oxygen atoms in total. The zero-order valence-electron chi connectivity index (χ0n) is 24.8. The number of amides is 3. The molecule has 232 valence electrons. The average molecular weight is 641 g/mol. The molecule has 0 aromatic heterocycles. The first-order valence-electron chi connectivity index (χ1n) is 14.2. The van der Waals surface area contributed by atoms with E-state index in [-0.39, 0.29) is 22.9 Å².